The first-order valence-corrected chi connectivity index (χ1v) is 5.83. The highest BCUT2D eigenvalue weighted by atomic mass is 16.3. The Morgan fingerprint density at radius 3 is 2.53 bits per heavy atom. The summed E-state index contributed by atoms with van der Waals surface area (Å²) in [5.74, 6) is 0.650. The molecule has 3 rings (SSSR count). The molecule has 2 heteroatoms. The average Bonchev–Trinajstić information content (AvgIpc) is 3.05. The van der Waals surface area contributed by atoms with Crippen molar-refractivity contribution >= 4 is 0 Å². The highest BCUT2D eigenvalue weighted by molar-refractivity contribution is 5.43. The van der Waals surface area contributed by atoms with Crippen molar-refractivity contribution in [3.8, 4) is 5.75 Å². The summed E-state index contributed by atoms with van der Waals surface area (Å²) in [4.78, 5) is 0. The molecule has 1 aliphatic rings. The molecule has 1 aliphatic carbocycles. The molecule has 2 atom stereocenters. The van der Waals surface area contributed by atoms with Crippen molar-refractivity contribution in [2.24, 2.45) is 5.73 Å². The highest BCUT2D eigenvalue weighted by Crippen LogP contribution is 2.56. The third-order valence-electron chi connectivity index (χ3n) is 3.59. The Kier molecular flexibility index (Phi) is 2.20. The Hall–Kier alpha value is -1.80. The molecule has 2 aromatic carbocycles. The number of phenols is 1. The van der Waals surface area contributed by atoms with Crippen LogP contribution in [0.2, 0.25) is 0 Å². The van der Waals surface area contributed by atoms with Crippen LogP contribution in [0.4, 0.5) is 0 Å². The van der Waals surface area contributed by atoms with Gasteiger partial charge in [0.25, 0.3) is 0 Å². The fourth-order valence-electron chi connectivity index (χ4n) is 2.49. The van der Waals surface area contributed by atoms with Gasteiger partial charge in [-0.15, -0.1) is 0 Å². The van der Waals surface area contributed by atoms with Gasteiger partial charge in [0.15, 0.2) is 0 Å². The van der Waals surface area contributed by atoms with Crippen LogP contribution in [0.3, 0.4) is 0 Å². The van der Waals surface area contributed by atoms with E-state index >= 15 is 0 Å². The molecule has 0 heterocycles. The van der Waals surface area contributed by atoms with E-state index in [1.54, 1.807) is 12.1 Å². The highest BCUT2D eigenvalue weighted by Gasteiger charge is 2.52. The van der Waals surface area contributed by atoms with Crippen LogP contribution in [0.15, 0.2) is 54.6 Å². The van der Waals surface area contributed by atoms with Crippen LogP contribution in [0.5, 0.6) is 5.75 Å². The van der Waals surface area contributed by atoms with Crippen molar-refractivity contribution in [1.29, 1.82) is 0 Å². The minimum Gasteiger partial charge on any atom is -0.508 e. The second-order valence-corrected chi connectivity index (χ2v) is 4.76. The summed E-state index contributed by atoms with van der Waals surface area (Å²) in [5.41, 5.74) is 8.39. The first-order chi connectivity index (χ1) is 8.20. The lowest BCUT2D eigenvalue weighted by Crippen LogP contribution is -2.21. The molecule has 1 fully saturated rings. The SMILES string of the molecule is NC1(c2cccc(O)c2)CC1c1ccccc1. The standard InChI is InChI=1S/C15H15NO/c16-15(12-7-4-8-13(17)9-12)10-14(15)11-5-2-1-3-6-11/h1-9,14,17H,10,16H2. The van der Waals surface area contributed by atoms with Gasteiger partial charge in [0.2, 0.25) is 0 Å². The summed E-state index contributed by atoms with van der Waals surface area (Å²) >= 11 is 0. The van der Waals surface area contributed by atoms with Crippen molar-refractivity contribution in [1.82, 2.24) is 0 Å². The van der Waals surface area contributed by atoms with E-state index in [-0.39, 0.29) is 11.3 Å². The van der Waals surface area contributed by atoms with Crippen LogP contribution in [0, 0.1) is 0 Å². The van der Waals surface area contributed by atoms with E-state index in [1.165, 1.54) is 5.56 Å². The monoisotopic (exact) mass is 225 g/mol. The number of hydrogen-bond acceptors (Lipinski definition) is 2. The summed E-state index contributed by atoms with van der Waals surface area (Å²) in [5, 5.41) is 9.51. The Balaban J connectivity index is 1.92. The quantitative estimate of drug-likeness (QED) is 0.825. The van der Waals surface area contributed by atoms with Gasteiger partial charge in [-0.05, 0) is 29.7 Å². The molecule has 3 N–H and O–H groups in total. The lowest BCUT2D eigenvalue weighted by atomic mass is 9.99. The average molecular weight is 225 g/mol. The smallest absolute Gasteiger partial charge is 0.115 e. The van der Waals surface area contributed by atoms with Gasteiger partial charge in [-0.2, -0.15) is 0 Å². The molecule has 2 unspecified atom stereocenters. The van der Waals surface area contributed by atoms with Gasteiger partial charge < -0.3 is 10.8 Å². The molecular weight excluding hydrogens is 210 g/mol. The minimum atomic E-state index is -0.305. The topological polar surface area (TPSA) is 46.2 Å². The molecule has 0 saturated heterocycles. The molecule has 2 nitrogen and oxygen atoms in total. The van der Waals surface area contributed by atoms with Gasteiger partial charge in [-0.3, -0.25) is 0 Å². The van der Waals surface area contributed by atoms with Gasteiger partial charge in [0.05, 0.1) is 0 Å². The van der Waals surface area contributed by atoms with Crippen LogP contribution < -0.4 is 5.73 Å². The van der Waals surface area contributed by atoms with Crippen LogP contribution in [-0.2, 0) is 5.54 Å². The Morgan fingerprint density at radius 1 is 1.06 bits per heavy atom. The van der Waals surface area contributed by atoms with Crippen molar-refractivity contribution in [3.05, 3.63) is 65.7 Å². The van der Waals surface area contributed by atoms with Crippen molar-refractivity contribution in [2.75, 3.05) is 0 Å². The van der Waals surface area contributed by atoms with Gasteiger partial charge in [-0.25, -0.2) is 0 Å². The fourth-order valence-corrected chi connectivity index (χ4v) is 2.49. The Bertz CT molecular complexity index is 538. The summed E-state index contributed by atoms with van der Waals surface area (Å²) in [6, 6.07) is 17.6. The van der Waals surface area contributed by atoms with E-state index in [9.17, 15) is 5.11 Å². The fraction of sp³-hybridized carbons (Fsp3) is 0.200. The first kappa shape index (κ1) is 10.4. The molecule has 0 radical (unpaired) electrons. The van der Waals surface area contributed by atoms with Crippen LogP contribution in [0.1, 0.15) is 23.5 Å². The number of nitrogens with two attached hydrogens (primary N) is 1. The van der Waals surface area contributed by atoms with Crippen molar-refractivity contribution in [3.63, 3.8) is 0 Å². The largest absolute Gasteiger partial charge is 0.508 e. The maximum atomic E-state index is 9.51. The molecule has 0 bridgehead atoms. The zero-order valence-electron chi connectivity index (χ0n) is 9.51. The van der Waals surface area contributed by atoms with Gasteiger partial charge in [0, 0.05) is 11.5 Å². The van der Waals surface area contributed by atoms with E-state index in [0.717, 1.165) is 12.0 Å². The molecule has 2 aromatic rings. The predicted molar refractivity (Wildman–Crippen MR) is 67.8 cm³/mol. The predicted octanol–water partition coefficient (Wildman–Crippen LogP) is 2.73. The minimum absolute atomic E-state index is 0.283. The summed E-state index contributed by atoms with van der Waals surface area (Å²) in [6.07, 6.45) is 0.945. The first-order valence-electron chi connectivity index (χ1n) is 5.83. The molecule has 0 spiro atoms. The molecule has 0 amide bonds. The zero-order valence-corrected chi connectivity index (χ0v) is 9.51. The lowest BCUT2D eigenvalue weighted by molar-refractivity contribution is 0.473. The zero-order chi connectivity index (χ0) is 11.9. The Labute approximate surface area is 101 Å². The lowest BCUT2D eigenvalue weighted by Gasteiger charge is -2.12. The number of phenolic OH excluding ortho intramolecular Hbond substituents is 1. The number of benzene rings is 2. The number of hydrogen-bond donors (Lipinski definition) is 2. The van der Waals surface area contributed by atoms with E-state index in [2.05, 4.69) is 12.1 Å². The normalized spacial score (nSPS) is 26.8. The van der Waals surface area contributed by atoms with E-state index in [4.69, 9.17) is 5.73 Å². The molecule has 0 aromatic heterocycles. The molecule has 86 valence electrons. The number of rotatable bonds is 2. The van der Waals surface area contributed by atoms with Crippen LogP contribution in [0.25, 0.3) is 0 Å². The van der Waals surface area contributed by atoms with Gasteiger partial charge in [0.1, 0.15) is 5.75 Å². The van der Waals surface area contributed by atoms with Gasteiger partial charge >= 0.3 is 0 Å². The summed E-state index contributed by atoms with van der Waals surface area (Å²) in [7, 11) is 0. The molecule has 17 heavy (non-hydrogen) atoms. The maximum absolute atomic E-state index is 9.51. The molecule has 1 saturated carbocycles. The van der Waals surface area contributed by atoms with Crippen molar-refractivity contribution in [2.45, 2.75) is 17.9 Å². The second-order valence-electron chi connectivity index (χ2n) is 4.76. The van der Waals surface area contributed by atoms with E-state index < -0.39 is 0 Å². The van der Waals surface area contributed by atoms with Gasteiger partial charge in [-0.1, -0.05) is 42.5 Å². The number of aromatic hydroxyl groups is 1. The summed E-state index contributed by atoms with van der Waals surface area (Å²) in [6.45, 7) is 0. The van der Waals surface area contributed by atoms with Crippen LogP contribution in [-0.4, -0.2) is 5.11 Å². The third kappa shape index (κ3) is 1.71. The van der Waals surface area contributed by atoms with Crippen molar-refractivity contribution < 1.29 is 5.11 Å². The van der Waals surface area contributed by atoms with E-state index in [0.29, 0.717) is 5.92 Å². The Morgan fingerprint density at radius 2 is 1.82 bits per heavy atom. The van der Waals surface area contributed by atoms with Crippen LogP contribution >= 0.6 is 0 Å². The second kappa shape index (κ2) is 3.60. The summed E-state index contributed by atoms with van der Waals surface area (Å²) < 4.78 is 0. The third-order valence-corrected chi connectivity index (χ3v) is 3.59. The maximum Gasteiger partial charge on any atom is 0.115 e. The van der Waals surface area contributed by atoms with E-state index in [1.807, 2.05) is 30.3 Å². The molecule has 0 aliphatic heterocycles. The molecular formula is C15H15NO.